The molecule has 172 valence electrons. The summed E-state index contributed by atoms with van der Waals surface area (Å²) in [5.74, 6) is -0.923. The quantitative estimate of drug-likeness (QED) is 0.560. The maximum Gasteiger partial charge on any atom is 0.359 e. The number of aliphatic hydroxyl groups is 1. The standard InChI is InChI=1S/C21H31N3O6S/c1-4-11-30-19(26)16-15-7-10-23(13-21(8-9-21)31(28,29)14-5-6-14)18(25)17(15)24(22-16)12-20(2,3)27/h14,27H,4-13H2,1-3H3. The molecule has 2 fully saturated rings. The topological polar surface area (TPSA) is 119 Å². The number of aromatic nitrogens is 2. The molecule has 31 heavy (non-hydrogen) atoms. The predicted molar refractivity (Wildman–Crippen MR) is 113 cm³/mol. The van der Waals surface area contributed by atoms with Crippen LogP contribution in [0.1, 0.15) is 79.4 Å². The molecule has 0 atom stereocenters. The normalized spacial score (nSPS) is 20.5. The highest BCUT2D eigenvalue weighted by Gasteiger charge is 2.60. The van der Waals surface area contributed by atoms with E-state index in [1.54, 1.807) is 18.7 Å². The number of esters is 1. The Hall–Kier alpha value is -1.94. The van der Waals surface area contributed by atoms with Gasteiger partial charge in [0.05, 0.1) is 28.7 Å². The molecule has 0 spiro atoms. The predicted octanol–water partition coefficient (Wildman–Crippen LogP) is 1.33. The number of rotatable bonds is 9. The van der Waals surface area contributed by atoms with Gasteiger partial charge in [-0.3, -0.25) is 9.48 Å². The van der Waals surface area contributed by atoms with Crippen molar-refractivity contribution in [3.63, 3.8) is 0 Å². The maximum atomic E-state index is 13.4. The first kappa shape index (κ1) is 22.3. The van der Waals surface area contributed by atoms with Gasteiger partial charge >= 0.3 is 5.97 Å². The first-order chi connectivity index (χ1) is 14.5. The largest absolute Gasteiger partial charge is 0.461 e. The second-order valence-electron chi connectivity index (χ2n) is 9.69. The second-order valence-corrected chi connectivity index (χ2v) is 12.3. The number of amides is 1. The summed E-state index contributed by atoms with van der Waals surface area (Å²) in [5.41, 5.74) is -0.287. The van der Waals surface area contributed by atoms with Crippen molar-refractivity contribution in [3.05, 3.63) is 17.0 Å². The molecule has 1 aromatic heterocycles. The Balaban J connectivity index is 1.64. The molecule has 2 saturated carbocycles. The average Bonchev–Trinajstić information content (AvgIpc) is 3.59. The molecule has 0 saturated heterocycles. The third-order valence-corrected chi connectivity index (χ3v) is 9.29. The number of carbonyl (C=O) groups excluding carboxylic acids is 2. The Kier molecular flexibility index (Phi) is 5.44. The molecule has 1 aliphatic heterocycles. The highest BCUT2D eigenvalue weighted by Crippen LogP contribution is 2.51. The van der Waals surface area contributed by atoms with E-state index in [0.717, 1.165) is 0 Å². The number of carbonyl (C=O) groups is 2. The lowest BCUT2D eigenvalue weighted by Gasteiger charge is -2.31. The molecule has 9 nitrogen and oxygen atoms in total. The molecule has 2 aliphatic carbocycles. The lowest BCUT2D eigenvalue weighted by Crippen LogP contribution is -2.47. The van der Waals surface area contributed by atoms with Crippen LogP contribution in [0.25, 0.3) is 0 Å². The van der Waals surface area contributed by atoms with Crippen LogP contribution in [0.4, 0.5) is 0 Å². The summed E-state index contributed by atoms with van der Waals surface area (Å²) < 4.78 is 31.6. The average molecular weight is 454 g/mol. The summed E-state index contributed by atoms with van der Waals surface area (Å²) in [7, 11) is -3.24. The van der Waals surface area contributed by atoms with Gasteiger partial charge in [-0.1, -0.05) is 6.92 Å². The maximum absolute atomic E-state index is 13.4. The second kappa shape index (κ2) is 7.58. The van der Waals surface area contributed by atoms with Gasteiger partial charge in [0.1, 0.15) is 5.69 Å². The van der Waals surface area contributed by atoms with E-state index in [9.17, 15) is 23.1 Å². The molecular weight excluding hydrogens is 422 g/mol. The van der Waals surface area contributed by atoms with Crippen LogP contribution in [0.2, 0.25) is 0 Å². The van der Waals surface area contributed by atoms with E-state index in [2.05, 4.69) is 5.10 Å². The van der Waals surface area contributed by atoms with Crippen molar-refractivity contribution >= 4 is 21.7 Å². The van der Waals surface area contributed by atoms with Gasteiger partial charge in [0.15, 0.2) is 15.5 Å². The van der Waals surface area contributed by atoms with Gasteiger partial charge in [0, 0.05) is 18.7 Å². The van der Waals surface area contributed by atoms with Crippen LogP contribution in [0.3, 0.4) is 0 Å². The van der Waals surface area contributed by atoms with Crippen molar-refractivity contribution in [2.24, 2.45) is 0 Å². The Morgan fingerprint density at radius 1 is 1.32 bits per heavy atom. The summed E-state index contributed by atoms with van der Waals surface area (Å²) in [4.78, 5) is 27.5. The van der Waals surface area contributed by atoms with Crippen LogP contribution < -0.4 is 0 Å². The Morgan fingerprint density at radius 3 is 2.55 bits per heavy atom. The van der Waals surface area contributed by atoms with Crippen molar-refractivity contribution in [3.8, 4) is 0 Å². The fraction of sp³-hybridized carbons (Fsp3) is 0.762. The Labute approximate surface area is 182 Å². The van der Waals surface area contributed by atoms with Crippen molar-refractivity contribution in [2.45, 2.75) is 81.4 Å². The molecule has 0 aromatic carbocycles. The highest BCUT2D eigenvalue weighted by molar-refractivity contribution is 7.94. The van der Waals surface area contributed by atoms with Crippen molar-refractivity contribution < 1.29 is 27.9 Å². The fourth-order valence-corrected chi connectivity index (χ4v) is 6.75. The summed E-state index contributed by atoms with van der Waals surface area (Å²) in [6.07, 6.45) is 3.65. The van der Waals surface area contributed by atoms with E-state index >= 15 is 0 Å². The lowest BCUT2D eigenvalue weighted by atomic mass is 10.0. The molecule has 1 amide bonds. The molecule has 0 bridgehead atoms. The van der Waals surface area contributed by atoms with E-state index in [-0.39, 0.29) is 42.2 Å². The van der Waals surface area contributed by atoms with Gasteiger partial charge in [0.2, 0.25) is 0 Å². The smallest absolute Gasteiger partial charge is 0.359 e. The van der Waals surface area contributed by atoms with E-state index in [1.807, 2.05) is 6.92 Å². The van der Waals surface area contributed by atoms with E-state index in [4.69, 9.17) is 4.74 Å². The van der Waals surface area contributed by atoms with Gasteiger partial charge < -0.3 is 14.7 Å². The third-order valence-electron chi connectivity index (χ3n) is 6.19. The van der Waals surface area contributed by atoms with Gasteiger partial charge in [-0.2, -0.15) is 5.10 Å². The van der Waals surface area contributed by atoms with E-state index < -0.39 is 26.2 Å². The minimum absolute atomic E-state index is 0.0293. The van der Waals surface area contributed by atoms with Gasteiger partial charge in [-0.25, -0.2) is 13.2 Å². The van der Waals surface area contributed by atoms with E-state index in [0.29, 0.717) is 50.6 Å². The third kappa shape index (κ3) is 4.11. The monoisotopic (exact) mass is 453 g/mol. The summed E-state index contributed by atoms with van der Waals surface area (Å²) in [6.45, 7) is 5.88. The number of ether oxygens (including phenoxy) is 1. The van der Waals surface area contributed by atoms with Crippen LogP contribution in [0.15, 0.2) is 0 Å². The Bertz CT molecular complexity index is 999. The summed E-state index contributed by atoms with van der Waals surface area (Å²) in [6, 6.07) is 0. The minimum atomic E-state index is -3.24. The minimum Gasteiger partial charge on any atom is -0.461 e. The molecule has 1 aromatic rings. The van der Waals surface area contributed by atoms with E-state index in [1.165, 1.54) is 4.68 Å². The highest BCUT2D eigenvalue weighted by atomic mass is 32.2. The zero-order chi connectivity index (χ0) is 22.6. The number of sulfone groups is 1. The van der Waals surface area contributed by atoms with Crippen LogP contribution >= 0.6 is 0 Å². The molecule has 0 unspecified atom stereocenters. The molecule has 3 aliphatic rings. The number of nitrogens with zero attached hydrogens (tertiary/aromatic N) is 3. The number of fused-ring (bicyclic) bond motifs is 1. The van der Waals surface area contributed by atoms with Crippen LogP contribution in [0, 0.1) is 0 Å². The van der Waals surface area contributed by atoms with Crippen LogP contribution in [0.5, 0.6) is 0 Å². The zero-order valence-corrected chi connectivity index (χ0v) is 19.2. The van der Waals surface area contributed by atoms with Crippen LogP contribution in [-0.4, -0.2) is 75.4 Å². The molecule has 2 heterocycles. The van der Waals surface area contributed by atoms with Gasteiger partial charge in [-0.05, 0) is 52.4 Å². The number of hydrogen-bond donors (Lipinski definition) is 1. The first-order valence-corrected chi connectivity index (χ1v) is 12.6. The zero-order valence-electron chi connectivity index (χ0n) is 18.4. The molecule has 4 rings (SSSR count). The van der Waals surface area contributed by atoms with Gasteiger partial charge in [0.25, 0.3) is 5.91 Å². The fourth-order valence-electron chi connectivity index (χ4n) is 4.28. The van der Waals surface area contributed by atoms with Crippen LogP contribution in [-0.2, 0) is 27.5 Å². The molecular formula is C21H31N3O6S. The van der Waals surface area contributed by atoms with Gasteiger partial charge in [-0.15, -0.1) is 0 Å². The first-order valence-electron chi connectivity index (χ1n) is 11.0. The number of hydrogen-bond acceptors (Lipinski definition) is 7. The van der Waals surface area contributed by atoms with Crippen molar-refractivity contribution in [1.82, 2.24) is 14.7 Å². The molecule has 0 radical (unpaired) electrons. The summed E-state index contributed by atoms with van der Waals surface area (Å²) in [5, 5.41) is 14.4. The Morgan fingerprint density at radius 2 is 2.00 bits per heavy atom. The molecule has 1 N–H and O–H groups in total. The van der Waals surface area contributed by atoms with Crippen molar-refractivity contribution in [2.75, 3.05) is 19.7 Å². The lowest BCUT2D eigenvalue weighted by molar-refractivity contribution is 0.0474. The summed E-state index contributed by atoms with van der Waals surface area (Å²) >= 11 is 0. The molecule has 10 heteroatoms. The van der Waals surface area contributed by atoms with Crippen molar-refractivity contribution in [1.29, 1.82) is 0 Å². The SMILES string of the molecule is CCCOC(=O)c1nn(CC(C)(C)O)c2c1CCN(CC1(S(=O)(=O)C3CC3)CC1)C2=O.